The maximum Gasteiger partial charge on any atom is 0.0634 e. The lowest BCUT2D eigenvalue weighted by Gasteiger charge is -2.30. The molecule has 0 aromatic heterocycles. The van der Waals surface area contributed by atoms with Crippen LogP contribution in [0, 0.1) is 0 Å². The summed E-state index contributed by atoms with van der Waals surface area (Å²) in [5, 5.41) is 3.38. The summed E-state index contributed by atoms with van der Waals surface area (Å²) in [7, 11) is 3.99. The average molecular weight is 243 g/mol. The molecule has 17 heavy (non-hydrogen) atoms. The number of hydrogen-bond acceptors (Lipinski definition) is 4. The smallest absolute Gasteiger partial charge is 0.0634 e. The van der Waals surface area contributed by atoms with E-state index in [4.69, 9.17) is 4.74 Å². The molecule has 1 aliphatic heterocycles. The van der Waals surface area contributed by atoms with E-state index in [1.54, 1.807) is 7.11 Å². The third-order valence-corrected chi connectivity index (χ3v) is 3.66. The van der Waals surface area contributed by atoms with E-state index in [0.29, 0.717) is 0 Å². The minimum atomic E-state index is 0.00328. The van der Waals surface area contributed by atoms with Crippen molar-refractivity contribution in [2.75, 3.05) is 60.0 Å². The van der Waals surface area contributed by atoms with Gasteiger partial charge in [0.1, 0.15) is 0 Å². The molecule has 0 spiro atoms. The Balaban J connectivity index is 2.10. The Hall–Kier alpha value is -0.160. The summed E-state index contributed by atoms with van der Waals surface area (Å²) < 4.78 is 5.44. The first-order valence-electron chi connectivity index (χ1n) is 6.70. The first-order valence-corrected chi connectivity index (χ1v) is 6.70. The van der Waals surface area contributed by atoms with E-state index in [1.807, 2.05) is 0 Å². The standard InChI is InChI=1S/C13H29N3O/c1-13(2,17-4)5-8-15(3)11-12-16-9-6-14-7-10-16/h14H,5-12H2,1-4H3. The molecule has 1 rings (SSSR count). The highest BCUT2D eigenvalue weighted by molar-refractivity contribution is 4.72. The molecule has 0 bridgehead atoms. The van der Waals surface area contributed by atoms with E-state index in [1.165, 1.54) is 19.6 Å². The molecule has 4 heteroatoms. The third-order valence-electron chi connectivity index (χ3n) is 3.66. The van der Waals surface area contributed by atoms with Crippen molar-refractivity contribution in [2.45, 2.75) is 25.9 Å². The lowest BCUT2D eigenvalue weighted by atomic mass is 10.1. The van der Waals surface area contributed by atoms with Crippen molar-refractivity contribution in [1.82, 2.24) is 15.1 Å². The Morgan fingerprint density at radius 2 is 1.88 bits per heavy atom. The van der Waals surface area contributed by atoms with Gasteiger partial charge in [0.25, 0.3) is 0 Å². The predicted octanol–water partition coefficient (Wildman–Crippen LogP) is 0.639. The number of rotatable bonds is 7. The molecule has 1 saturated heterocycles. The largest absolute Gasteiger partial charge is 0.379 e. The highest BCUT2D eigenvalue weighted by atomic mass is 16.5. The summed E-state index contributed by atoms with van der Waals surface area (Å²) in [4.78, 5) is 4.94. The minimum absolute atomic E-state index is 0.00328. The maximum atomic E-state index is 5.44. The highest BCUT2D eigenvalue weighted by Gasteiger charge is 2.17. The molecule has 1 heterocycles. The Kier molecular flexibility index (Phi) is 6.41. The molecule has 4 nitrogen and oxygen atoms in total. The number of piperazine rings is 1. The van der Waals surface area contributed by atoms with Crippen LogP contribution in [0.15, 0.2) is 0 Å². The molecule has 1 fully saturated rings. The van der Waals surface area contributed by atoms with Gasteiger partial charge in [0.15, 0.2) is 0 Å². The normalized spacial score (nSPS) is 18.9. The Morgan fingerprint density at radius 1 is 1.24 bits per heavy atom. The van der Waals surface area contributed by atoms with Gasteiger partial charge in [-0.1, -0.05) is 0 Å². The van der Waals surface area contributed by atoms with Gasteiger partial charge >= 0.3 is 0 Å². The van der Waals surface area contributed by atoms with Crippen LogP contribution < -0.4 is 5.32 Å². The van der Waals surface area contributed by atoms with Crippen molar-refractivity contribution in [1.29, 1.82) is 0 Å². The van der Waals surface area contributed by atoms with E-state index < -0.39 is 0 Å². The highest BCUT2D eigenvalue weighted by Crippen LogP contribution is 2.12. The van der Waals surface area contributed by atoms with E-state index in [0.717, 1.165) is 32.6 Å². The lowest BCUT2D eigenvalue weighted by molar-refractivity contribution is 0.00862. The number of nitrogens with one attached hydrogen (secondary N) is 1. The van der Waals surface area contributed by atoms with Crippen LogP contribution in [0.5, 0.6) is 0 Å². The van der Waals surface area contributed by atoms with Crippen LogP contribution in [-0.2, 0) is 4.74 Å². The number of likely N-dealkylation sites (N-methyl/N-ethyl adjacent to an activating group) is 1. The molecule has 0 amide bonds. The van der Waals surface area contributed by atoms with Gasteiger partial charge in [-0.25, -0.2) is 0 Å². The quantitative estimate of drug-likeness (QED) is 0.710. The van der Waals surface area contributed by atoms with Crippen LogP contribution in [0.1, 0.15) is 20.3 Å². The van der Waals surface area contributed by atoms with Crippen LogP contribution in [0.3, 0.4) is 0 Å². The molecule has 0 unspecified atom stereocenters. The second-order valence-corrected chi connectivity index (χ2v) is 5.61. The second kappa shape index (κ2) is 7.31. The van der Waals surface area contributed by atoms with Gasteiger partial charge in [-0.05, 0) is 27.3 Å². The summed E-state index contributed by atoms with van der Waals surface area (Å²) in [5.41, 5.74) is 0.00328. The Bertz CT molecular complexity index is 203. The molecular formula is C13H29N3O. The average Bonchev–Trinajstić information content (AvgIpc) is 2.35. The number of nitrogens with zero attached hydrogens (tertiary/aromatic N) is 2. The molecule has 0 radical (unpaired) electrons. The van der Waals surface area contributed by atoms with E-state index in [2.05, 4.69) is 36.0 Å². The molecule has 1 aliphatic rings. The summed E-state index contributed by atoms with van der Waals surface area (Å²) in [6, 6.07) is 0. The Morgan fingerprint density at radius 3 is 2.47 bits per heavy atom. The van der Waals surface area contributed by atoms with Crippen molar-refractivity contribution in [3.63, 3.8) is 0 Å². The first kappa shape index (κ1) is 14.9. The maximum absolute atomic E-state index is 5.44. The second-order valence-electron chi connectivity index (χ2n) is 5.61. The van der Waals surface area contributed by atoms with Crippen LogP contribution in [0.4, 0.5) is 0 Å². The van der Waals surface area contributed by atoms with Gasteiger partial charge in [0.2, 0.25) is 0 Å². The third kappa shape index (κ3) is 6.36. The molecular weight excluding hydrogens is 214 g/mol. The number of ether oxygens (including phenoxy) is 1. The fourth-order valence-electron chi connectivity index (χ4n) is 1.92. The molecule has 0 aliphatic carbocycles. The van der Waals surface area contributed by atoms with Gasteiger partial charge in [0, 0.05) is 52.9 Å². The molecule has 1 N–H and O–H groups in total. The summed E-state index contributed by atoms with van der Waals surface area (Å²) >= 11 is 0. The molecule has 0 aromatic carbocycles. The SMILES string of the molecule is COC(C)(C)CCN(C)CCN1CCNCC1. The molecule has 102 valence electrons. The van der Waals surface area contributed by atoms with E-state index in [-0.39, 0.29) is 5.60 Å². The number of hydrogen-bond donors (Lipinski definition) is 1. The van der Waals surface area contributed by atoms with Gasteiger partial charge < -0.3 is 15.0 Å². The zero-order valence-corrected chi connectivity index (χ0v) is 12.0. The monoisotopic (exact) mass is 243 g/mol. The summed E-state index contributed by atoms with van der Waals surface area (Å²) in [6.07, 6.45) is 1.08. The van der Waals surface area contributed by atoms with Crippen LogP contribution in [0.25, 0.3) is 0 Å². The zero-order chi connectivity index (χ0) is 12.7. The van der Waals surface area contributed by atoms with E-state index >= 15 is 0 Å². The fourth-order valence-corrected chi connectivity index (χ4v) is 1.92. The van der Waals surface area contributed by atoms with Gasteiger partial charge in [0.05, 0.1) is 5.60 Å². The fraction of sp³-hybridized carbons (Fsp3) is 1.00. The molecule has 0 atom stereocenters. The van der Waals surface area contributed by atoms with Gasteiger partial charge in [-0.2, -0.15) is 0 Å². The predicted molar refractivity (Wildman–Crippen MR) is 72.5 cm³/mol. The van der Waals surface area contributed by atoms with Gasteiger partial charge in [-0.3, -0.25) is 4.90 Å². The molecule has 0 saturated carbocycles. The number of methoxy groups -OCH3 is 1. The zero-order valence-electron chi connectivity index (χ0n) is 12.0. The minimum Gasteiger partial charge on any atom is -0.379 e. The summed E-state index contributed by atoms with van der Waals surface area (Å²) in [6.45, 7) is 12.4. The topological polar surface area (TPSA) is 27.7 Å². The van der Waals surface area contributed by atoms with Gasteiger partial charge in [-0.15, -0.1) is 0 Å². The van der Waals surface area contributed by atoms with Crippen molar-refractivity contribution in [2.24, 2.45) is 0 Å². The molecule has 0 aromatic rings. The first-order chi connectivity index (χ1) is 8.03. The Labute approximate surface area is 106 Å². The van der Waals surface area contributed by atoms with Crippen molar-refractivity contribution in [3.05, 3.63) is 0 Å². The van der Waals surface area contributed by atoms with Crippen molar-refractivity contribution in [3.8, 4) is 0 Å². The van der Waals surface area contributed by atoms with Crippen LogP contribution in [0.2, 0.25) is 0 Å². The van der Waals surface area contributed by atoms with E-state index in [9.17, 15) is 0 Å². The van der Waals surface area contributed by atoms with Crippen molar-refractivity contribution >= 4 is 0 Å². The van der Waals surface area contributed by atoms with Crippen LogP contribution >= 0.6 is 0 Å². The van der Waals surface area contributed by atoms with Crippen molar-refractivity contribution < 1.29 is 4.74 Å². The summed E-state index contributed by atoms with van der Waals surface area (Å²) in [5.74, 6) is 0. The lowest BCUT2D eigenvalue weighted by Crippen LogP contribution is -2.46. The van der Waals surface area contributed by atoms with Crippen LogP contribution in [-0.4, -0.2) is 75.4 Å².